The summed E-state index contributed by atoms with van der Waals surface area (Å²) in [7, 11) is 1.28. The molecule has 0 radical (unpaired) electrons. The second-order valence-electron chi connectivity index (χ2n) is 5.91. The van der Waals surface area contributed by atoms with E-state index < -0.39 is 18.6 Å². The van der Waals surface area contributed by atoms with Crippen molar-refractivity contribution in [2.45, 2.75) is 25.6 Å². The van der Waals surface area contributed by atoms with Gasteiger partial charge in [-0.25, -0.2) is 4.79 Å². The Labute approximate surface area is 138 Å². The van der Waals surface area contributed by atoms with Crippen LogP contribution in [-0.4, -0.2) is 50.3 Å². The third-order valence-electron chi connectivity index (χ3n) is 4.31. The summed E-state index contributed by atoms with van der Waals surface area (Å²) in [5.41, 5.74) is 8.29. The molecular formula is C16H22F3N3O2. The molecule has 0 saturated carbocycles. The summed E-state index contributed by atoms with van der Waals surface area (Å²) in [4.78, 5) is 13.5. The van der Waals surface area contributed by atoms with Crippen LogP contribution in [0.1, 0.15) is 33.9 Å². The molecule has 0 aliphatic carbocycles. The maximum absolute atomic E-state index is 12.4. The van der Waals surface area contributed by atoms with Gasteiger partial charge in [0.1, 0.15) is 0 Å². The van der Waals surface area contributed by atoms with Crippen molar-refractivity contribution in [1.29, 1.82) is 0 Å². The van der Waals surface area contributed by atoms with Crippen molar-refractivity contribution in [2.24, 2.45) is 0 Å². The third kappa shape index (κ3) is 4.39. The lowest BCUT2D eigenvalue weighted by molar-refractivity contribution is -0.138. The normalized spacial score (nSPS) is 19.3. The van der Waals surface area contributed by atoms with Gasteiger partial charge in [-0.3, -0.25) is 4.90 Å². The highest BCUT2D eigenvalue weighted by Gasteiger charge is 2.30. The lowest BCUT2D eigenvalue weighted by atomic mass is 9.95. The number of rotatable bonds is 4. The number of nitrogens with zero attached hydrogens (tertiary/aromatic N) is 1. The largest absolute Gasteiger partial charge is 0.465 e. The number of halogens is 3. The third-order valence-corrected chi connectivity index (χ3v) is 4.31. The smallest absolute Gasteiger partial charge is 0.390 e. The second-order valence-corrected chi connectivity index (χ2v) is 5.91. The number of carbonyl (C=O) groups excluding carboxylic acids is 1. The monoisotopic (exact) mass is 345 g/mol. The van der Waals surface area contributed by atoms with Crippen molar-refractivity contribution >= 4 is 11.7 Å². The van der Waals surface area contributed by atoms with Gasteiger partial charge >= 0.3 is 12.1 Å². The number of alkyl halides is 3. The van der Waals surface area contributed by atoms with Crippen LogP contribution in [0.15, 0.2) is 12.1 Å². The highest BCUT2D eigenvalue weighted by Crippen LogP contribution is 2.28. The van der Waals surface area contributed by atoms with Gasteiger partial charge in [-0.1, -0.05) is 6.07 Å². The number of nitrogens with one attached hydrogen (secondary N) is 1. The number of esters is 1. The van der Waals surface area contributed by atoms with Crippen LogP contribution >= 0.6 is 0 Å². The lowest BCUT2D eigenvalue weighted by Gasteiger charge is -2.35. The molecule has 3 N–H and O–H groups in total. The molecule has 1 aliphatic heterocycles. The minimum atomic E-state index is -4.15. The molecule has 1 aromatic carbocycles. The Hall–Kier alpha value is -1.80. The summed E-state index contributed by atoms with van der Waals surface area (Å²) in [5.74, 6) is -0.509. The first-order valence-corrected chi connectivity index (χ1v) is 7.72. The molecule has 0 bridgehead atoms. The van der Waals surface area contributed by atoms with E-state index in [2.05, 4.69) is 10.1 Å². The van der Waals surface area contributed by atoms with Crippen molar-refractivity contribution in [2.75, 3.05) is 39.0 Å². The highest BCUT2D eigenvalue weighted by atomic mass is 19.4. The maximum Gasteiger partial charge on any atom is 0.390 e. The first-order valence-electron chi connectivity index (χ1n) is 7.72. The van der Waals surface area contributed by atoms with Crippen molar-refractivity contribution in [1.82, 2.24) is 10.2 Å². The van der Waals surface area contributed by atoms with Crippen LogP contribution in [0, 0.1) is 6.92 Å². The highest BCUT2D eigenvalue weighted by molar-refractivity contribution is 5.96. The predicted octanol–water partition coefficient (Wildman–Crippen LogP) is 2.26. The first kappa shape index (κ1) is 18.5. The molecule has 1 atom stereocenters. The van der Waals surface area contributed by atoms with Crippen molar-refractivity contribution in [3.63, 3.8) is 0 Å². The number of hydrogen-bond acceptors (Lipinski definition) is 5. The van der Waals surface area contributed by atoms with Crippen LogP contribution in [0.4, 0.5) is 18.9 Å². The molecule has 1 heterocycles. The zero-order valence-electron chi connectivity index (χ0n) is 13.7. The van der Waals surface area contributed by atoms with Crippen molar-refractivity contribution < 1.29 is 22.7 Å². The maximum atomic E-state index is 12.4. The van der Waals surface area contributed by atoms with E-state index in [0.717, 1.165) is 11.1 Å². The summed E-state index contributed by atoms with van der Waals surface area (Å²) in [6, 6.07) is 3.25. The van der Waals surface area contributed by atoms with E-state index in [4.69, 9.17) is 5.73 Å². The Morgan fingerprint density at radius 3 is 2.79 bits per heavy atom. The van der Waals surface area contributed by atoms with Gasteiger partial charge in [0, 0.05) is 37.9 Å². The molecule has 1 unspecified atom stereocenters. The van der Waals surface area contributed by atoms with Gasteiger partial charge < -0.3 is 15.8 Å². The fourth-order valence-electron chi connectivity index (χ4n) is 2.92. The first-order chi connectivity index (χ1) is 11.2. The number of hydrogen-bond donors (Lipinski definition) is 2. The number of benzene rings is 1. The van der Waals surface area contributed by atoms with Gasteiger partial charge in [-0.15, -0.1) is 0 Å². The minimum Gasteiger partial charge on any atom is -0.465 e. The molecule has 24 heavy (non-hydrogen) atoms. The Balaban J connectivity index is 2.13. The van der Waals surface area contributed by atoms with Crippen LogP contribution in [-0.2, 0) is 4.74 Å². The second kappa shape index (κ2) is 7.40. The van der Waals surface area contributed by atoms with E-state index in [-0.39, 0.29) is 12.6 Å². The van der Waals surface area contributed by atoms with Gasteiger partial charge in [0.2, 0.25) is 0 Å². The molecule has 0 aromatic heterocycles. The molecular weight excluding hydrogens is 323 g/mol. The molecule has 2 rings (SSSR count). The average molecular weight is 345 g/mol. The molecule has 1 aliphatic rings. The summed E-state index contributed by atoms with van der Waals surface area (Å²) < 4.78 is 41.9. The van der Waals surface area contributed by atoms with Gasteiger partial charge in [0.05, 0.1) is 19.1 Å². The Morgan fingerprint density at radius 1 is 1.46 bits per heavy atom. The fraction of sp³-hybridized carbons (Fsp3) is 0.562. The summed E-state index contributed by atoms with van der Waals surface area (Å²) in [6.07, 6.45) is -4.97. The number of anilines is 1. The number of ether oxygens (including phenoxy) is 1. The fourth-order valence-corrected chi connectivity index (χ4v) is 2.92. The quantitative estimate of drug-likeness (QED) is 0.647. The van der Waals surface area contributed by atoms with Crippen LogP contribution in [0.25, 0.3) is 0 Å². The molecule has 0 spiro atoms. The predicted molar refractivity (Wildman–Crippen MR) is 84.8 cm³/mol. The molecule has 134 valence electrons. The topological polar surface area (TPSA) is 67.6 Å². The zero-order valence-corrected chi connectivity index (χ0v) is 13.7. The Morgan fingerprint density at radius 2 is 2.17 bits per heavy atom. The van der Waals surface area contributed by atoms with E-state index in [1.54, 1.807) is 24.0 Å². The number of carbonyl (C=O) groups is 1. The van der Waals surface area contributed by atoms with Crippen molar-refractivity contribution in [3.05, 3.63) is 28.8 Å². The summed E-state index contributed by atoms with van der Waals surface area (Å²) >= 11 is 0. The molecule has 0 amide bonds. The van der Waals surface area contributed by atoms with E-state index in [9.17, 15) is 18.0 Å². The molecule has 1 aromatic rings. The molecule has 1 saturated heterocycles. The molecule has 1 fully saturated rings. The number of nitrogen functional groups attached to an aromatic ring is 1. The average Bonchev–Trinajstić information content (AvgIpc) is 2.54. The molecule has 8 heteroatoms. The van der Waals surface area contributed by atoms with Crippen LogP contribution < -0.4 is 11.1 Å². The number of nitrogens with two attached hydrogens (primary N) is 1. The number of methoxy groups -OCH3 is 1. The van der Waals surface area contributed by atoms with Gasteiger partial charge in [-0.2, -0.15) is 13.2 Å². The standard InChI is InChI=1S/C16H22F3N3O2/c1-10-11(3-4-12(14(10)20)15(23)24-2)13-9-22(8-6-21-13)7-5-16(17,18)19/h3-4,13,21H,5-9,20H2,1-2H3. The SMILES string of the molecule is COC(=O)c1ccc(C2CN(CCC(F)(F)F)CCN2)c(C)c1N. The van der Waals surface area contributed by atoms with Crippen LogP contribution in [0.3, 0.4) is 0 Å². The summed E-state index contributed by atoms with van der Waals surface area (Å²) in [6.45, 7) is 3.42. The van der Waals surface area contributed by atoms with Gasteiger partial charge in [0.25, 0.3) is 0 Å². The van der Waals surface area contributed by atoms with Crippen molar-refractivity contribution in [3.8, 4) is 0 Å². The number of piperazine rings is 1. The Kier molecular flexibility index (Phi) is 5.71. The molecule has 5 nitrogen and oxygen atoms in total. The van der Waals surface area contributed by atoms with E-state index >= 15 is 0 Å². The minimum absolute atomic E-state index is 0.0174. The van der Waals surface area contributed by atoms with Gasteiger partial charge in [0.15, 0.2) is 0 Å². The Bertz CT molecular complexity index is 605. The van der Waals surface area contributed by atoms with Gasteiger partial charge in [-0.05, 0) is 24.1 Å². The lowest BCUT2D eigenvalue weighted by Crippen LogP contribution is -2.46. The zero-order chi connectivity index (χ0) is 17.9. The van der Waals surface area contributed by atoms with E-state index in [0.29, 0.717) is 30.9 Å². The van der Waals surface area contributed by atoms with E-state index in [1.807, 2.05) is 0 Å². The van der Waals surface area contributed by atoms with Crippen LogP contribution in [0.5, 0.6) is 0 Å². The van der Waals surface area contributed by atoms with E-state index in [1.165, 1.54) is 7.11 Å². The summed E-state index contributed by atoms with van der Waals surface area (Å²) in [5, 5.41) is 3.30. The van der Waals surface area contributed by atoms with Crippen LogP contribution in [0.2, 0.25) is 0 Å².